The highest BCUT2D eigenvalue weighted by molar-refractivity contribution is 5.82. The van der Waals surface area contributed by atoms with Crippen molar-refractivity contribution in [2.45, 2.75) is 70.9 Å². The molecule has 2 amide bonds. The van der Waals surface area contributed by atoms with E-state index in [-0.39, 0.29) is 28.9 Å². The molecule has 1 atom stereocenters. The van der Waals surface area contributed by atoms with Crippen LogP contribution in [-0.2, 0) is 14.3 Å². The van der Waals surface area contributed by atoms with Gasteiger partial charge in [0.2, 0.25) is 11.8 Å². The van der Waals surface area contributed by atoms with Gasteiger partial charge in [-0.3, -0.25) is 14.5 Å². The summed E-state index contributed by atoms with van der Waals surface area (Å²) in [6, 6.07) is 0.0546. The average molecular weight is 380 g/mol. The standard InChI is InChI=1S/C21H37N3O3/c1-20(2,3)8-12-24-16-21(27-15-7-18(24)25)9-13-23(14-10-21)19(26)17-6-5-11-22(17)4/h17H,5-16H2,1-4H3/t17-/m0/s1. The molecule has 0 aromatic rings. The molecule has 0 bridgehead atoms. The Balaban J connectivity index is 1.59. The Morgan fingerprint density at radius 3 is 2.52 bits per heavy atom. The lowest BCUT2D eigenvalue weighted by molar-refractivity contribution is -0.143. The molecular formula is C21H37N3O3. The van der Waals surface area contributed by atoms with Crippen LogP contribution >= 0.6 is 0 Å². The van der Waals surface area contributed by atoms with Gasteiger partial charge >= 0.3 is 0 Å². The summed E-state index contributed by atoms with van der Waals surface area (Å²) in [4.78, 5) is 31.6. The summed E-state index contributed by atoms with van der Waals surface area (Å²) in [5.74, 6) is 0.487. The van der Waals surface area contributed by atoms with Crippen LogP contribution in [0.1, 0.15) is 59.3 Å². The predicted octanol–water partition coefficient (Wildman–Crippen LogP) is 2.13. The average Bonchev–Trinajstić information content (AvgIpc) is 2.97. The number of ether oxygens (including phenoxy) is 1. The Morgan fingerprint density at radius 1 is 1.22 bits per heavy atom. The highest BCUT2D eigenvalue weighted by Gasteiger charge is 2.42. The van der Waals surface area contributed by atoms with Crippen LogP contribution in [-0.4, -0.2) is 84.5 Å². The zero-order chi connectivity index (χ0) is 19.7. The van der Waals surface area contributed by atoms with E-state index >= 15 is 0 Å². The maximum absolute atomic E-state index is 12.9. The molecule has 0 aromatic heterocycles. The number of hydrogen-bond donors (Lipinski definition) is 0. The van der Waals surface area contributed by atoms with Crippen molar-refractivity contribution in [3.05, 3.63) is 0 Å². The van der Waals surface area contributed by atoms with Gasteiger partial charge in [-0.2, -0.15) is 0 Å². The number of piperidine rings is 1. The molecule has 154 valence electrons. The molecule has 3 heterocycles. The lowest BCUT2D eigenvalue weighted by Gasteiger charge is -2.43. The molecular weight excluding hydrogens is 342 g/mol. The molecule has 3 saturated heterocycles. The van der Waals surface area contributed by atoms with E-state index in [1.165, 1.54) is 0 Å². The fourth-order valence-corrected chi connectivity index (χ4v) is 4.54. The smallest absolute Gasteiger partial charge is 0.239 e. The zero-order valence-corrected chi connectivity index (χ0v) is 17.6. The minimum Gasteiger partial charge on any atom is -0.372 e. The fourth-order valence-electron chi connectivity index (χ4n) is 4.54. The van der Waals surface area contributed by atoms with Gasteiger partial charge in [0, 0.05) is 26.2 Å². The molecule has 3 aliphatic rings. The molecule has 0 radical (unpaired) electrons. The first-order chi connectivity index (χ1) is 12.7. The van der Waals surface area contributed by atoms with Crippen LogP contribution in [0.25, 0.3) is 0 Å². The maximum atomic E-state index is 12.9. The molecule has 1 spiro atoms. The van der Waals surface area contributed by atoms with E-state index in [0.717, 1.165) is 58.3 Å². The van der Waals surface area contributed by atoms with Gasteiger partial charge in [0.1, 0.15) is 0 Å². The molecule has 0 unspecified atom stereocenters. The Hall–Kier alpha value is -1.14. The number of hydrogen-bond acceptors (Lipinski definition) is 4. The van der Waals surface area contributed by atoms with Crippen molar-refractivity contribution in [2.24, 2.45) is 5.41 Å². The van der Waals surface area contributed by atoms with Gasteiger partial charge in [-0.25, -0.2) is 0 Å². The van der Waals surface area contributed by atoms with Gasteiger partial charge in [-0.15, -0.1) is 0 Å². The number of rotatable bonds is 3. The largest absolute Gasteiger partial charge is 0.372 e. The maximum Gasteiger partial charge on any atom is 0.239 e. The number of likely N-dealkylation sites (tertiary alicyclic amines) is 2. The minimum absolute atomic E-state index is 0.0546. The van der Waals surface area contributed by atoms with Crippen molar-refractivity contribution in [1.82, 2.24) is 14.7 Å². The quantitative estimate of drug-likeness (QED) is 0.754. The normalized spacial score (nSPS) is 27.3. The van der Waals surface area contributed by atoms with Gasteiger partial charge in [0.15, 0.2) is 0 Å². The van der Waals surface area contributed by atoms with E-state index in [2.05, 4.69) is 25.7 Å². The van der Waals surface area contributed by atoms with Crippen molar-refractivity contribution in [1.29, 1.82) is 0 Å². The first-order valence-corrected chi connectivity index (χ1v) is 10.6. The van der Waals surface area contributed by atoms with Crippen molar-refractivity contribution >= 4 is 11.8 Å². The fraction of sp³-hybridized carbons (Fsp3) is 0.905. The van der Waals surface area contributed by atoms with Crippen molar-refractivity contribution in [3.63, 3.8) is 0 Å². The molecule has 3 aliphatic heterocycles. The summed E-state index contributed by atoms with van der Waals surface area (Å²) >= 11 is 0. The van der Waals surface area contributed by atoms with E-state index in [1.807, 2.05) is 16.8 Å². The van der Waals surface area contributed by atoms with Crippen LogP contribution in [0, 0.1) is 5.41 Å². The minimum atomic E-state index is -0.275. The van der Waals surface area contributed by atoms with Gasteiger partial charge in [-0.05, 0) is 51.1 Å². The van der Waals surface area contributed by atoms with E-state index < -0.39 is 0 Å². The van der Waals surface area contributed by atoms with Crippen LogP contribution in [0.2, 0.25) is 0 Å². The van der Waals surface area contributed by atoms with Gasteiger partial charge in [0.25, 0.3) is 0 Å². The topological polar surface area (TPSA) is 53.1 Å². The summed E-state index contributed by atoms with van der Waals surface area (Å²) in [6.07, 6.45) is 5.21. The predicted molar refractivity (Wildman–Crippen MR) is 105 cm³/mol. The monoisotopic (exact) mass is 379 g/mol. The van der Waals surface area contributed by atoms with Crippen LogP contribution < -0.4 is 0 Å². The summed E-state index contributed by atoms with van der Waals surface area (Å²) in [5, 5.41) is 0. The highest BCUT2D eigenvalue weighted by Crippen LogP contribution is 2.32. The Bertz CT molecular complexity index is 549. The second-order valence-electron chi connectivity index (χ2n) is 9.87. The van der Waals surface area contributed by atoms with Crippen molar-refractivity contribution in [3.8, 4) is 0 Å². The SMILES string of the molecule is CN1CCC[C@H]1C(=O)N1CCC2(CC1)CN(CCC(C)(C)C)C(=O)CCO2. The third-order valence-electron chi connectivity index (χ3n) is 6.48. The number of carbonyl (C=O) groups excluding carboxylic acids is 2. The molecule has 0 aromatic carbocycles. The Morgan fingerprint density at radius 2 is 1.93 bits per heavy atom. The molecule has 6 nitrogen and oxygen atoms in total. The van der Waals surface area contributed by atoms with Crippen molar-refractivity contribution < 1.29 is 14.3 Å². The molecule has 0 aliphatic carbocycles. The van der Waals surface area contributed by atoms with Gasteiger partial charge in [0.05, 0.1) is 24.7 Å². The molecule has 27 heavy (non-hydrogen) atoms. The summed E-state index contributed by atoms with van der Waals surface area (Å²) in [6.45, 7) is 11.1. The third kappa shape index (κ3) is 5.02. The summed E-state index contributed by atoms with van der Waals surface area (Å²) in [5.41, 5.74) is -0.0634. The van der Waals surface area contributed by atoms with E-state index in [0.29, 0.717) is 19.6 Å². The molecule has 0 saturated carbocycles. The number of nitrogens with zero attached hydrogens (tertiary/aromatic N) is 3. The van der Waals surface area contributed by atoms with E-state index in [9.17, 15) is 9.59 Å². The number of amides is 2. The number of likely N-dealkylation sites (N-methyl/N-ethyl adjacent to an activating group) is 1. The van der Waals surface area contributed by atoms with Crippen LogP contribution in [0.15, 0.2) is 0 Å². The zero-order valence-electron chi connectivity index (χ0n) is 17.6. The Kier molecular flexibility index (Phi) is 6.16. The van der Waals surface area contributed by atoms with Gasteiger partial charge in [-0.1, -0.05) is 20.8 Å². The third-order valence-corrected chi connectivity index (χ3v) is 6.48. The summed E-state index contributed by atoms with van der Waals surface area (Å²) < 4.78 is 6.23. The van der Waals surface area contributed by atoms with Crippen LogP contribution in [0.5, 0.6) is 0 Å². The summed E-state index contributed by atoms with van der Waals surface area (Å²) in [7, 11) is 2.05. The molecule has 6 heteroatoms. The molecule has 3 rings (SSSR count). The second-order valence-corrected chi connectivity index (χ2v) is 9.87. The molecule has 3 fully saturated rings. The Labute approximate surface area is 164 Å². The van der Waals surface area contributed by atoms with Gasteiger partial charge < -0.3 is 14.5 Å². The molecule has 0 N–H and O–H groups in total. The first-order valence-electron chi connectivity index (χ1n) is 10.6. The second kappa shape index (κ2) is 8.08. The van der Waals surface area contributed by atoms with Crippen LogP contribution in [0.3, 0.4) is 0 Å². The lowest BCUT2D eigenvalue weighted by Crippen LogP contribution is -2.55. The van der Waals surface area contributed by atoms with E-state index in [1.54, 1.807) is 0 Å². The van der Waals surface area contributed by atoms with Crippen molar-refractivity contribution in [2.75, 3.05) is 46.4 Å². The van der Waals surface area contributed by atoms with Crippen LogP contribution in [0.4, 0.5) is 0 Å². The lowest BCUT2D eigenvalue weighted by atomic mass is 9.88. The first kappa shape index (κ1) is 20.6. The van der Waals surface area contributed by atoms with E-state index in [4.69, 9.17) is 4.74 Å². The highest BCUT2D eigenvalue weighted by atomic mass is 16.5. The number of carbonyl (C=O) groups is 2.